The molecule has 1 amide bonds. The predicted molar refractivity (Wildman–Crippen MR) is 72.0 cm³/mol. The average molecular weight is 262 g/mol. The molecule has 0 spiro atoms. The minimum Gasteiger partial charge on any atom is -0.337 e. The Hall–Kier alpha value is -1.34. The van der Waals surface area contributed by atoms with Gasteiger partial charge in [0.15, 0.2) is 0 Å². The van der Waals surface area contributed by atoms with Crippen LogP contribution < -0.4 is 0 Å². The van der Waals surface area contributed by atoms with Crippen LogP contribution in [0.15, 0.2) is 17.5 Å². The molecule has 1 atom stereocenters. The lowest BCUT2D eigenvalue weighted by atomic mass is 9.86. The van der Waals surface area contributed by atoms with Crippen LogP contribution in [-0.2, 0) is 4.79 Å². The first-order valence-corrected chi connectivity index (χ1v) is 7.20. The van der Waals surface area contributed by atoms with Crippen molar-refractivity contribution in [2.75, 3.05) is 7.05 Å². The third-order valence-electron chi connectivity index (χ3n) is 3.94. The van der Waals surface area contributed by atoms with Gasteiger partial charge in [-0.15, -0.1) is 11.3 Å². The second-order valence-corrected chi connectivity index (χ2v) is 5.99. The van der Waals surface area contributed by atoms with E-state index in [0.29, 0.717) is 12.8 Å². The summed E-state index contributed by atoms with van der Waals surface area (Å²) in [5.41, 5.74) is -0.764. The number of nitrogens with zero attached hydrogens (tertiary/aromatic N) is 2. The van der Waals surface area contributed by atoms with Gasteiger partial charge >= 0.3 is 0 Å². The molecular weight excluding hydrogens is 244 g/mol. The fourth-order valence-electron chi connectivity index (χ4n) is 2.59. The third-order valence-corrected chi connectivity index (χ3v) is 4.98. The molecule has 1 saturated carbocycles. The summed E-state index contributed by atoms with van der Waals surface area (Å²) in [5, 5.41) is 11.4. The first kappa shape index (κ1) is 13.1. The van der Waals surface area contributed by atoms with E-state index < -0.39 is 5.41 Å². The Labute approximate surface area is 112 Å². The molecule has 1 aliphatic carbocycles. The molecule has 0 bridgehead atoms. The van der Waals surface area contributed by atoms with Gasteiger partial charge in [0.05, 0.1) is 12.1 Å². The van der Waals surface area contributed by atoms with Crippen LogP contribution >= 0.6 is 11.3 Å². The van der Waals surface area contributed by atoms with Gasteiger partial charge in [-0.1, -0.05) is 18.9 Å². The number of nitriles is 1. The Kier molecular flexibility index (Phi) is 3.72. The van der Waals surface area contributed by atoms with Gasteiger partial charge in [0.2, 0.25) is 5.91 Å². The van der Waals surface area contributed by atoms with E-state index in [0.717, 1.165) is 17.7 Å². The molecule has 1 unspecified atom stereocenters. The van der Waals surface area contributed by atoms with E-state index in [-0.39, 0.29) is 11.9 Å². The van der Waals surface area contributed by atoms with Crippen molar-refractivity contribution in [2.24, 2.45) is 5.41 Å². The molecule has 96 valence electrons. The molecule has 18 heavy (non-hydrogen) atoms. The molecule has 0 N–H and O–H groups in total. The van der Waals surface area contributed by atoms with Crippen molar-refractivity contribution in [2.45, 2.75) is 38.6 Å². The number of rotatable bonds is 3. The van der Waals surface area contributed by atoms with Gasteiger partial charge in [-0.3, -0.25) is 4.79 Å². The largest absolute Gasteiger partial charge is 0.337 e. The molecular formula is C14H18N2OS. The maximum atomic E-state index is 12.5. The maximum absolute atomic E-state index is 12.5. The number of hydrogen-bond donors (Lipinski definition) is 0. The summed E-state index contributed by atoms with van der Waals surface area (Å²) >= 11 is 1.65. The molecule has 1 heterocycles. The molecule has 0 aromatic carbocycles. The van der Waals surface area contributed by atoms with Crippen LogP contribution in [0.2, 0.25) is 0 Å². The Bertz CT molecular complexity index is 455. The SMILES string of the molecule is CC(c1cccs1)N(C)C(=O)C1(C#N)CCCC1. The zero-order valence-electron chi connectivity index (χ0n) is 10.8. The zero-order valence-corrected chi connectivity index (χ0v) is 11.7. The topological polar surface area (TPSA) is 44.1 Å². The normalized spacial score (nSPS) is 19.2. The van der Waals surface area contributed by atoms with E-state index >= 15 is 0 Å². The maximum Gasteiger partial charge on any atom is 0.243 e. The van der Waals surface area contributed by atoms with Gasteiger partial charge < -0.3 is 4.90 Å². The van der Waals surface area contributed by atoms with Crippen molar-refractivity contribution in [3.05, 3.63) is 22.4 Å². The van der Waals surface area contributed by atoms with E-state index in [9.17, 15) is 10.1 Å². The summed E-state index contributed by atoms with van der Waals surface area (Å²) in [6.07, 6.45) is 3.40. The highest BCUT2D eigenvalue weighted by Crippen LogP contribution is 2.40. The van der Waals surface area contributed by atoms with E-state index in [4.69, 9.17) is 0 Å². The number of hydrogen-bond acceptors (Lipinski definition) is 3. The lowest BCUT2D eigenvalue weighted by Gasteiger charge is -2.30. The summed E-state index contributed by atoms with van der Waals surface area (Å²) in [5.74, 6) is -0.0107. The summed E-state index contributed by atoms with van der Waals surface area (Å²) in [7, 11) is 1.81. The lowest BCUT2D eigenvalue weighted by Crippen LogP contribution is -2.40. The Morgan fingerprint density at radius 3 is 2.72 bits per heavy atom. The minimum atomic E-state index is -0.764. The number of amides is 1. The molecule has 0 radical (unpaired) electrons. The zero-order chi connectivity index (χ0) is 13.2. The van der Waals surface area contributed by atoms with Gasteiger partial charge in [-0.2, -0.15) is 5.26 Å². The second kappa shape index (κ2) is 5.11. The number of carbonyl (C=O) groups is 1. The molecule has 1 aromatic heterocycles. The first-order valence-electron chi connectivity index (χ1n) is 6.33. The molecule has 1 fully saturated rings. The van der Waals surface area contributed by atoms with Crippen LogP contribution in [-0.4, -0.2) is 17.9 Å². The minimum absolute atomic E-state index is 0.0107. The summed E-state index contributed by atoms with van der Waals surface area (Å²) in [6, 6.07) is 6.34. The van der Waals surface area contributed by atoms with Gasteiger partial charge in [0.25, 0.3) is 0 Å². The highest BCUT2D eigenvalue weighted by molar-refractivity contribution is 7.10. The smallest absolute Gasteiger partial charge is 0.243 e. The summed E-state index contributed by atoms with van der Waals surface area (Å²) in [4.78, 5) is 15.4. The van der Waals surface area contributed by atoms with E-state index in [1.54, 1.807) is 16.2 Å². The van der Waals surface area contributed by atoms with Crippen LogP contribution in [0, 0.1) is 16.7 Å². The summed E-state index contributed by atoms with van der Waals surface area (Å²) < 4.78 is 0. The third kappa shape index (κ3) is 2.15. The van der Waals surface area contributed by atoms with Crippen LogP contribution in [0.25, 0.3) is 0 Å². The van der Waals surface area contributed by atoms with Crippen LogP contribution in [0.1, 0.15) is 43.5 Å². The van der Waals surface area contributed by atoms with Gasteiger partial charge in [0, 0.05) is 11.9 Å². The Morgan fingerprint density at radius 1 is 1.56 bits per heavy atom. The van der Waals surface area contributed by atoms with Gasteiger partial charge in [-0.25, -0.2) is 0 Å². The summed E-state index contributed by atoms with van der Waals surface area (Å²) in [6.45, 7) is 2.02. The quantitative estimate of drug-likeness (QED) is 0.838. The number of carbonyl (C=O) groups excluding carboxylic acids is 1. The van der Waals surface area contributed by atoms with Crippen molar-refractivity contribution in [3.63, 3.8) is 0 Å². The Morgan fingerprint density at radius 2 is 2.22 bits per heavy atom. The molecule has 2 rings (SSSR count). The molecule has 1 aliphatic rings. The number of thiophene rings is 1. The fraction of sp³-hybridized carbons (Fsp3) is 0.571. The van der Waals surface area contributed by atoms with Crippen molar-refractivity contribution in [1.29, 1.82) is 5.26 Å². The van der Waals surface area contributed by atoms with Crippen molar-refractivity contribution in [3.8, 4) is 6.07 Å². The predicted octanol–water partition coefficient (Wildman–Crippen LogP) is 3.35. The van der Waals surface area contributed by atoms with E-state index in [1.165, 1.54) is 0 Å². The standard InChI is InChI=1S/C14H18N2OS/c1-11(12-6-5-9-18-12)16(2)13(17)14(10-15)7-3-4-8-14/h5-6,9,11H,3-4,7-8H2,1-2H3. The molecule has 0 aliphatic heterocycles. The van der Waals surface area contributed by atoms with Crippen LogP contribution in [0.5, 0.6) is 0 Å². The van der Waals surface area contributed by atoms with E-state index in [2.05, 4.69) is 6.07 Å². The van der Waals surface area contributed by atoms with Crippen molar-refractivity contribution < 1.29 is 4.79 Å². The molecule has 4 heteroatoms. The monoisotopic (exact) mass is 262 g/mol. The van der Waals surface area contributed by atoms with Crippen LogP contribution in [0.3, 0.4) is 0 Å². The van der Waals surface area contributed by atoms with Gasteiger partial charge in [-0.05, 0) is 31.2 Å². The lowest BCUT2D eigenvalue weighted by molar-refractivity contribution is -0.139. The molecule has 1 aromatic rings. The van der Waals surface area contributed by atoms with Gasteiger partial charge in [0.1, 0.15) is 5.41 Å². The van der Waals surface area contributed by atoms with Crippen molar-refractivity contribution >= 4 is 17.2 Å². The highest BCUT2D eigenvalue weighted by Gasteiger charge is 2.44. The first-order chi connectivity index (χ1) is 8.60. The van der Waals surface area contributed by atoms with Crippen LogP contribution in [0.4, 0.5) is 0 Å². The molecule has 3 nitrogen and oxygen atoms in total. The second-order valence-electron chi connectivity index (χ2n) is 5.01. The fourth-order valence-corrected chi connectivity index (χ4v) is 3.41. The average Bonchev–Trinajstić information content (AvgIpc) is 3.07. The van der Waals surface area contributed by atoms with E-state index in [1.807, 2.05) is 31.5 Å². The van der Waals surface area contributed by atoms with Crippen molar-refractivity contribution in [1.82, 2.24) is 4.90 Å². The molecule has 0 saturated heterocycles. The Balaban J connectivity index is 2.16. The highest BCUT2D eigenvalue weighted by atomic mass is 32.1.